The van der Waals surface area contributed by atoms with Crippen LogP contribution in [0.5, 0.6) is 0 Å². The molecule has 0 saturated carbocycles. The molecule has 0 aliphatic carbocycles. The lowest BCUT2D eigenvalue weighted by Gasteiger charge is -2.31. The predicted molar refractivity (Wildman–Crippen MR) is 67.1 cm³/mol. The number of rotatable bonds is 6. The Kier molecular flexibility index (Phi) is 6.47. The maximum atomic E-state index is 5.82. The summed E-state index contributed by atoms with van der Waals surface area (Å²) >= 11 is 0. The van der Waals surface area contributed by atoms with Crippen molar-refractivity contribution in [3.8, 4) is 12.3 Å². The Hall–Kier alpha value is -0.560. The fourth-order valence-electron chi connectivity index (χ4n) is 2.24. The van der Waals surface area contributed by atoms with Crippen LogP contribution in [0.4, 0.5) is 0 Å². The third kappa shape index (κ3) is 4.13. The molecule has 1 aliphatic rings. The number of hydrogen-bond donors (Lipinski definition) is 2. The van der Waals surface area contributed by atoms with Crippen molar-refractivity contribution in [2.24, 2.45) is 11.7 Å². The zero-order valence-electron chi connectivity index (χ0n) is 10.2. The number of hydrogen-bond acceptors (Lipinski definition) is 3. The molecule has 16 heavy (non-hydrogen) atoms. The molecule has 1 fully saturated rings. The summed E-state index contributed by atoms with van der Waals surface area (Å²) in [5.41, 5.74) is 5.82. The van der Waals surface area contributed by atoms with Crippen molar-refractivity contribution in [3.63, 3.8) is 0 Å². The Balaban J connectivity index is 2.43. The molecule has 0 aromatic rings. The molecule has 3 atom stereocenters. The number of nitrogens with two attached hydrogens (primary N) is 1. The monoisotopic (exact) mass is 224 g/mol. The fraction of sp³-hybridized carbons (Fsp3) is 0.846. The normalized spacial score (nSPS) is 24.7. The van der Waals surface area contributed by atoms with E-state index in [4.69, 9.17) is 16.9 Å². The van der Waals surface area contributed by atoms with E-state index < -0.39 is 0 Å². The number of ether oxygens (including phenoxy) is 1. The summed E-state index contributed by atoms with van der Waals surface area (Å²) < 4.78 is 5.49. The van der Waals surface area contributed by atoms with Crippen molar-refractivity contribution in [1.29, 1.82) is 0 Å². The summed E-state index contributed by atoms with van der Waals surface area (Å²) in [6.07, 6.45) is 9.95. The molecular formula is C13H24N2O. The van der Waals surface area contributed by atoms with Gasteiger partial charge in [0.15, 0.2) is 0 Å². The van der Waals surface area contributed by atoms with Gasteiger partial charge in [-0.05, 0) is 25.2 Å². The van der Waals surface area contributed by atoms with Crippen LogP contribution in [-0.2, 0) is 4.74 Å². The van der Waals surface area contributed by atoms with Gasteiger partial charge in [0.1, 0.15) is 0 Å². The molecule has 92 valence electrons. The Morgan fingerprint density at radius 3 is 2.94 bits per heavy atom. The van der Waals surface area contributed by atoms with Crippen LogP contribution < -0.4 is 11.1 Å². The zero-order chi connectivity index (χ0) is 11.8. The van der Waals surface area contributed by atoms with Crippen LogP contribution >= 0.6 is 0 Å². The highest BCUT2D eigenvalue weighted by Gasteiger charge is 2.24. The smallest absolute Gasteiger partial charge is 0.0689 e. The summed E-state index contributed by atoms with van der Waals surface area (Å²) in [4.78, 5) is 0. The van der Waals surface area contributed by atoms with Gasteiger partial charge in [-0.25, -0.2) is 0 Å². The molecule has 1 aliphatic heterocycles. The number of nitrogens with one attached hydrogen (secondary N) is 1. The van der Waals surface area contributed by atoms with Gasteiger partial charge in [0.05, 0.1) is 12.6 Å². The standard InChI is InChI=1S/C13H24N2O/c1-3-6-12(4-2)15-13(9-14)11-7-5-8-16-10-11/h2,11-13,15H,3,5-10,14H2,1H3. The van der Waals surface area contributed by atoms with Gasteiger partial charge >= 0.3 is 0 Å². The van der Waals surface area contributed by atoms with Gasteiger partial charge in [-0.1, -0.05) is 19.3 Å². The van der Waals surface area contributed by atoms with Gasteiger partial charge in [-0.2, -0.15) is 0 Å². The minimum atomic E-state index is 0.153. The van der Waals surface area contributed by atoms with E-state index in [0.29, 0.717) is 18.5 Å². The van der Waals surface area contributed by atoms with Crippen LogP contribution in [-0.4, -0.2) is 31.8 Å². The second-order valence-electron chi connectivity index (χ2n) is 4.49. The highest BCUT2D eigenvalue weighted by Crippen LogP contribution is 2.17. The maximum Gasteiger partial charge on any atom is 0.0689 e. The average Bonchev–Trinajstić information content (AvgIpc) is 2.35. The molecule has 1 heterocycles. The van der Waals surface area contributed by atoms with Gasteiger partial charge in [-0.15, -0.1) is 6.42 Å². The van der Waals surface area contributed by atoms with E-state index in [2.05, 4.69) is 18.2 Å². The molecule has 0 aromatic carbocycles. The van der Waals surface area contributed by atoms with Crippen molar-refractivity contribution < 1.29 is 4.74 Å². The van der Waals surface area contributed by atoms with Gasteiger partial charge < -0.3 is 10.5 Å². The largest absolute Gasteiger partial charge is 0.381 e. The van der Waals surface area contributed by atoms with Gasteiger partial charge in [0.2, 0.25) is 0 Å². The van der Waals surface area contributed by atoms with Crippen LogP contribution in [0.3, 0.4) is 0 Å². The molecule has 3 nitrogen and oxygen atoms in total. The first-order valence-corrected chi connectivity index (χ1v) is 6.31. The molecule has 1 rings (SSSR count). The van der Waals surface area contributed by atoms with Crippen molar-refractivity contribution in [2.45, 2.75) is 44.7 Å². The lowest BCUT2D eigenvalue weighted by molar-refractivity contribution is 0.0395. The molecule has 0 amide bonds. The fourth-order valence-corrected chi connectivity index (χ4v) is 2.24. The first-order chi connectivity index (χ1) is 7.81. The summed E-state index contributed by atoms with van der Waals surface area (Å²) in [5.74, 6) is 3.32. The van der Waals surface area contributed by atoms with E-state index in [9.17, 15) is 0 Å². The molecule has 1 saturated heterocycles. The van der Waals surface area contributed by atoms with Gasteiger partial charge in [0, 0.05) is 19.2 Å². The average molecular weight is 224 g/mol. The summed E-state index contributed by atoms with van der Waals surface area (Å²) in [7, 11) is 0. The molecular weight excluding hydrogens is 200 g/mol. The van der Waals surface area contributed by atoms with Crippen molar-refractivity contribution >= 4 is 0 Å². The van der Waals surface area contributed by atoms with E-state index in [0.717, 1.165) is 32.5 Å². The summed E-state index contributed by atoms with van der Waals surface area (Å²) in [5, 5.41) is 3.48. The van der Waals surface area contributed by atoms with E-state index in [1.807, 2.05) is 0 Å². The first-order valence-electron chi connectivity index (χ1n) is 6.31. The SMILES string of the molecule is C#CC(CCC)NC(CN)C1CCCOC1. The molecule has 0 aromatic heterocycles. The van der Waals surface area contributed by atoms with Crippen LogP contribution in [0.2, 0.25) is 0 Å². The molecule has 3 heteroatoms. The predicted octanol–water partition coefficient (Wildman–Crippen LogP) is 1.13. The summed E-state index contributed by atoms with van der Waals surface area (Å²) in [6, 6.07) is 0.452. The summed E-state index contributed by atoms with van der Waals surface area (Å²) in [6.45, 7) is 4.49. The second kappa shape index (κ2) is 7.67. The molecule has 3 unspecified atom stereocenters. The van der Waals surface area contributed by atoms with E-state index in [-0.39, 0.29) is 6.04 Å². The topological polar surface area (TPSA) is 47.3 Å². The lowest BCUT2D eigenvalue weighted by Crippen LogP contribution is -2.49. The first kappa shape index (κ1) is 13.5. The van der Waals surface area contributed by atoms with Crippen LogP contribution in [0, 0.1) is 18.3 Å². The third-order valence-corrected chi connectivity index (χ3v) is 3.21. The van der Waals surface area contributed by atoms with E-state index >= 15 is 0 Å². The lowest BCUT2D eigenvalue weighted by atomic mass is 9.93. The second-order valence-corrected chi connectivity index (χ2v) is 4.49. The third-order valence-electron chi connectivity index (χ3n) is 3.21. The van der Waals surface area contributed by atoms with Crippen molar-refractivity contribution in [1.82, 2.24) is 5.32 Å². The maximum absolute atomic E-state index is 5.82. The highest BCUT2D eigenvalue weighted by atomic mass is 16.5. The van der Waals surface area contributed by atoms with E-state index in [1.165, 1.54) is 6.42 Å². The Labute approximate surface area is 99.1 Å². The van der Waals surface area contributed by atoms with E-state index in [1.54, 1.807) is 0 Å². The van der Waals surface area contributed by atoms with Gasteiger partial charge in [0.25, 0.3) is 0 Å². The molecule has 0 spiro atoms. The highest BCUT2D eigenvalue weighted by molar-refractivity contribution is 5.00. The van der Waals surface area contributed by atoms with Crippen LogP contribution in [0.15, 0.2) is 0 Å². The Morgan fingerprint density at radius 1 is 1.62 bits per heavy atom. The quantitative estimate of drug-likeness (QED) is 0.665. The molecule has 3 N–H and O–H groups in total. The van der Waals surface area contributed by atoms with Gasteiger partial charge in [-0.3, -0.25) is 5.32 Å². The minimum Gasteiger partial charge on any atom is -0.381 e. The Morgan fingerprint density at radius 2 is 2.44 bits per heavy atom. The Bertz CT molecular complexity index is 218. The van der Waals surface area contributed by atoms with Crippen LogP contribution in [0.1, 0.15) is 32.6 Å². The van der Waals surface area contributed by atoms with Crippen LogP contribution in [0.25, 0.3) is 0 Å². The minimum absolute atomic E-state index is 0.153. The molecule has 0 radical (unpaired) electrons. The van der Waals surface area contributed by atoms with Crippen molar-refractivity contribution in [2.75, 3.05) is 19.8 Å². The van der Waals surface area contributed by atoms with Crippen molar-refractivity contribution in [3.05, 3.63) is 0 Å². The number of terminal acetylenes is 1. The molecule has 0 bridgehead atoms. The zero-order valence-corrected chi connectivity index (χ0v) is 10.2.